The van der Waals surface area contributed by atoms with Gasteiger partial charge in [0.25, 0.3) is 0 Å². The average molecular weight is 448 g/mol. The molecule has 0 saturated heterocycles. The number of aliphatic hydroxyl groups is 2. The second-order valence-corrected chi connectivity index (χ2v) is 7.37. The van der Waals surface area contributed by atoms with Crippen molar-refractivity contribution in [1.82, 2.24) is 16.0 Å². The Kier molecular flexibility index (Phi) is 11.7. The van der Waals surface area contributed by atoms with E-state index >= 15 is 0 Å². The second kappa shape index (κ2) is 12.8. The van der Waals surface area contributed by atoms with Crippen LogP contribution in [0.3, 0.4) is 0 Å². The Hall–Kier alpha value is -2.77. The third-order valence-corrected chi connectivity index (χ3v) is 4.63. The third-order valence-electron chi connectivity index (χ3n) is 4.63. The molecule has 7 unspecified atom stereocenters. The molecule has 0 aliphatic heterocycles. The van der Waals surface area contributed by atoms with Crippen molar-refractivity contribution >= 4 is 29.7 Å². The lowest BCUT2D eigenvalue weighted by Crippen LogP contribution is -2.61. The molecule has 9 N–H and O–H groups in total. The highest BCUT2D eigenvalue weighted by Gasteiger charge is 2.35. The van der Waals surface area contributed by atoms with E-state index in [-0.39, 0.29) is 0 Å². The molecule has 0 radical (unpaired) electrons. The standard InChI is InChI=1S/C18H32N4O9/c1-5-7(2)12(20-15(27)10(19)6-11(25)26)16(28)21-13(8(3)23)17(29)22-14(9(4)24)18(30)31/h7-10,12-14,23-24H,5-6,19H2,1-4H3,(H,20,27)(H,21,28)(H,22,29)(H,25,26)(H,30,31). The zero-order valence-corrected chi connectivity index (χ0v) is 17.9. The zero-order chi connectivity index (χ0) is 24.5. The fraction of sp³-hybridized carbons (Fsp3) is 0.722. The molecule has 31 heavy (non-hydrogen) atoms. The molecular formula is C18H32N4O9. The highest BCUT2D eigenvalue weighted by atomic mass is 16.4. The molecule has 0 aliphatic rings. The summed E-state index contributed by atoms with van der Waals surface area (Å²) in [6.07, 6.45) is -3.14. The van der Waals surface area contributed by atoms with E-state index in [4.69, 9.17) is 15.9 Å². The number of hydrogen-bond acceptors (Lipinski definition) is 8. The van der Waals surface area contributed by atoms with Crippen molar-refractivity contribution in [2.45, 2.75) is 76.9 Å². The molecule has 0 aromatic heterocycles. The Morgan fingerprint density at radius 1 is 0.774 bits per heavy atom. The fourth-order valence-electron chi connectivity index (χ4n) is 2.52. The molecule has 0 aromatic carbocycles. The van der Waals surface area contributed by atoms with Crippen LogP contribution in [0.5, 0.6) is 0 Å². The van der Waals surface area contributed by atoms with Gasteiger partial charge in [0, 0.05) is 0 Å². The van der Waals surface area contributed by atoms with E-state index in [1.807, 2.05) is 5.32 Å². The fourth-order valence-corrected chi connectivity index (χ4v) is 2.52. The maximum Gasteiger partial charge on any atom is 0.328 e. The van der Waals surface area contributed by atoms with Crippen molar-refractivity contribution < 1.29 is 44.4 Å². The highest BCUT2D eigenvalue weighted by Crippen LogP contribution is 2.10. The van der Waals surface area contributed by atoms with Crippen molar-refractivity contribution in [2.75, 3.05) is 0 Å². The van der Waals surface area contributed by atoms with Gasteiger partial charge in [-0.25, -0.2) is 4.79 Å². The summed E-state index contributed by atoms with van der Waals surface area (Å²) in [5, 5.41) is 43.9. The largest absolute Gasteiger partial charge is 0.481 e. The number of aliphatic carboxylic acids is 2. The van der Waals surface area contributed by atoms with Gasteiger partial charge >= 0.3 is 11.9 Å². The van der Waals surface area contributed by atoms with Gasteiger partial charge in [-0.2, -0.15) is 0 Å². The molecule has 7 atom stereocenters. The molecule has 3 amide bonds. The summed E-state index contributed by atoms with van der Waals surface area (Å²) in [6, 6.07) is -5.89. The van der Waals surface area contributed by atoms with Crippen molar-refractivity contribution in [3.63, 3.8) is 0 Å². The van der Waals surface area contributed by atoms with E-state index in [0.29, 0.717) is 6.42 Å². The number of rotatable bonds is 13. The van der Waals surface area contributed by atoms with E-state index < -0.39 is 78.4 Å². The molecule has 0 fully saturated rings. The summed E-state index contributed by atoms with van der Waals surface area (Å²) in [4.78, 5) is 59.2. The number of hydrogen-bond donors (Lipinski definition) is 8. The molecule has 178 valence electrons. The predicted octanol–water partition coefficient (Wildman–Crippen LogP) is -2.86. The lowest BCUT2D eigenvalue weighted by Gasteiger charge is -2.29. The molecule has 13 nitrogen and oxygen atoms in total. The molecule has 0 aliphatic carbocycles. The van der Waals surface area contributed by atoms with Gasteiger partial charge in [-0.1, -0.05) is 20.3 Å². The predicted molar refractivity (Wildman–Crippen MR) is 106 cm³/mol. The first-order valence-electron chi connectivity index (χ1n) is 9.70. The normalized spacial score (nSPS) is 17.8. The maximum absolute atomic E-state index is 12.8. The molecule has 13 heteroatoms. The van der Waals surface area contributed by atoms with Gasteiger partial charge in [-0.05, 0) is 19.8 Å². The van der Waals surface area contributed by atoms with E-state index in [9.17, 15) is 34.2 Å². The first-order chi connectivity index (χ1) is 14.2. The zero-order valence-electron chi connectivity index (χ0n) is 17.9. The van der Waals surface area contributed by atoms with Crippen LogP contribution in [0.2, 0.25) is 0 Å². The Labute approximate surface area is 179 Å². The quantitative estimate of drug-likeness (QED) is 0.144. The van der Waals surface area contributed by atoms with Crippen LogP contribution in [0.15, 0.2) is 0 Å². The topological polar surface area (TPSA) is 228 Å². The van der Waals surface area contributed by atoms with Gasteiger partial charge in [0.15, 0.2) is 6.04 Å². The number of aliphatic hydroxyl groups excluding tert-OH is 2. The van der Waals surface area contributed by atoms with Crippen LogP contribution in [0.25, 0.3) is 0 Å². The van der Waals surface area contributed by atoms with E-state index in [1.54, 1.807) is 13.8 Å². The Balaban J connectivity index is 5.49. The molecule has 0 spiro atoms. The summed E-state index contributed by atoms with van der Waals surface area (Å²) in [5.74, 6) is -6.09. The van der Waals surface area contributed by atoms with Crippen LogP contribution in [0.4, 0.5) is 0 Å². The van der Waals surface area contributed by atoms with Gasteiger partial charge in [0.05, 0.1) is 24.7 Å². The monoisotopic (exact) mass is 448 g/mol. The molecule has 0 bridgehead atoms. The number of carboxylic acid groups (broad SMARTS) is 2. The summed E-state index contributed by atoms with van der Waals surface area (Å²) < 4.78 is 0. The van der Waals surface area contributed by atoms with Crippen molar-refractivity contribution in [3.8, 4) is 0 Å². The Morgan fingerprint density at radius 3 is 1.58 bits per heavy atom. The van der Waals surface area contributed by atoms with Crippen molar-refractivity contribution in [3.05, 3.63) is 0 Å². The molecule has 0 rings (SSSR count). The van der Waals surface area contributed by atoms with Crippen LogP contribution < -0.4 is 21.7 Å². The average Bonchev–Trinajstić information content (AvgIpc) is 2.65. The third kappa shape index (κ3) is 9.27. The lowest BCUT2D eigenvalue weighted by molar-refractivity contribution is -0.146. The minimum atomic E-state index is -1.68. The number of carbonyl (C=O) groups excluding carboxylic acids is 3. The number of nitrogens with two attached hydrogens (primary N) is 1. The van der Waals surface area contributed by atoms with Crippen LogP contribution in [0.1, 0.15) is 40.5 Å². The minimum Gasteiger partial charge on any atom is -0.481 e. The summed E-state index contributed by atoms with van der Waals surface area (Å²) >= 11 is 0. The summed E-state index contributed by atoms with van der Waals surface area (Å²) in [7, 11) is 0. The van der Waals surface area contributed by atoms with Crippen molar-refractivity contribution in [2.24, 2.45) is 11.7 Å². The van der Waals surface area contributed by atoms with E-state index in [1.165, 1.54) is 6.92 Å². The lowest BCUT2D eigenvalue weighted by atomic mass is 9.97. The van der Waals surface area contributed by atoms with Crippen molar-refractivity contribution in [1.29, 1.82) is 0 Å². The van der Waals surface area contributed by atoms with Crippen LogP contribution in [-0.2, 0) is 24.0 Å². The molecule has 0 heterocycles. The molecule has 0 aromatic rings. The first-order valence-corrected chi connectivity index (χ1v) is 9.70. The summed E-state index contributed by atoms with van der Waals surface area (Å²) in [6.45, 7) is 5.68. The SMILES string of the molecule is CCC(C)C(NC(=O)C(N)CC(=O)O)C(=O)NC(C(=O)NC(C(=O)O)C(C)O)C(C)O. The summed E-state index contributed by atoms with van der Waals surface area (Å²) in [5.41, 5.74) is 5.51. The van der Waals surface area contributed by atoms with Crippen LogP contribution in [-0.4, -0.2) is 86.5 Å². The maximum atomic E-state index is 12.8. The van der Waals surface area contributed by atoms with Gasteiger partial charge < -0.3 is 42.1 Å². The Bertz CT molecular complexity index is 668. The van der Waals surface area contributed by atoms with Gasteiger partial charge in [0.2, 0.25) is 17.7 Å². The number of carbonyl (C=O) groups is 5. The highest BCUT2D eigenvalue weighted by molar-refractivity contribution is 5.95. The van der Waals surface area contributed by atoms with Crippen LogP contribution >= 0.6 is 0 Å². The number of carboxylic acids is 2. The minimum absolute atomic E-state index is 0.418. The first kappa shape index (κ1) is 28.2. The number of amides is 3. The molecule has 0 saturated carbocycles. The van der Waals surface area contributed by atoms with Crippen LogP contribution in [0, 0.1) is 5.92 Å². The Morgan fingerprint density at radius 2 is 1.19 bits per heavy atom. The number of nitrogens with one attached hydrogen (secondary N) is 3. The van der Waals surface area contributed by atoms with Gasteiger partial charge in [-0.3, -0.25) is 19.2 Å². The smallest absolute Gasteiger partial charge is 0.328 e. The van der Waals surface area contributed by atoms with Gasteiger partial charge in [-0.15, -0.1) is 0 Å². The van der Waals surface area contributed by atoms with E-state index in [0.717, 1.165) is 6.92 Å². The van der Waals surface area contributed by atoms with E-state index in [2.05, 4.69) is 10.6 Å². The second-order valence-electron chi connectivity index (χ2n) is 7.37. The molecular weight excluding hydrogens is 416 g/mol. The van der Waals surface area contributed by atoms with Gasteiger partial charge in [0.1, 0.15) is 12.1 Å².